The molecule has 11 heteroatoms. The quantitative estimate of drug-likeness (QED) is 0.368. The molecule has 166 valence electrons. The highest BCUT2D eigenvalue weighted by Gasteiger charge is 2.18. The average molecular weight is 460 g/mol. The van der Waals surface area contributed by atoms with Crippen LogP contribution >= 0.6 is 0 Å². The monoisotopic (exact) mass is 460 g/mol. The highest BCUT2D eigenvalue weighted by atomic mass is 32.2. The van der Waals surface area contributed by atoms with Crippen molar-refractivity contribution in [3.8, 4) is 22.8 Å². The summed E-state index contributed by atoms with van der Waals surface area (Å²) in [6.07, 6.45) is 1.99. The molecule has 2 aromatic carbocycles. The van der Waals surface area contributed by atoms with E-state index in [0.717, 1.165) is 11.6 Å². The van der Waals surface area contributed by atoms with E-state index < -0.39 is 22.5 Å². The summed E-state index contributed by atoms with van der Waals surface area (Å²) >= 11 is 0. The summed E-state index contributed by atoms with van der Waals surface area (Å²) in [5.74, 6) is -1.55. The van der Waals surface area contributed by atoms with Gasteiger partial charge in [-0.2, -0.15) is 5.10 Å². The minimum atomic E-state index is -2.72. The lowest BCUT2D eigenvalue weighted by molar-refractivity contribution is 0.438. The third kappa shape index (κ3) is 4.39. The molecule has 0 aliphatic carbocycles. The predicted molar refractivity (Wildman–Crippen MR) is 115 cm³/mol. The number of aryl methyl sites for hydroxylation is 1. The Morgan fingerprint density at radius 3 is 2.66 bits per heavy atom. The number of hydrogen-bond acceptors (Lipinski definition) is 5. The maximum atomic E-state index is 14.2. The van der Waals surface area contributed by atoms with E-state index in [0.29, 0.717) is 34.6 Å². The lowest BCUT2D eigenvalue weighted by Crippen LogP contribution is -2.20. The molecule has 0 aliphatic rings. The van der Waals surface area contributed by atoms with Gasteiger partial charge >= 0.3 is 0 Å². The summed E-state index contributed by atoms with van der Waals surface area (Å²) in [5.41, 5.74) is 1.64. The third-order valence-electron chi connectivity index (χ3n) is 4.83. The Hall–Kier alpha value is -3.57. The molecule has 4 aromatic rings. The number of halogens is 2. The van der Waals surface area contributed by atoms with Crippen molar-refractivity contribution >= 4 is 21.8 Å². The predicted octanol–water partition coefficient (Wildman–Crippen LogP) is 2.66. The van der Waals surface area contributed by atoms with Gasteiger partial charge < -0.3 is 9.72 Å². The van der Waals surface area contributed by atoms with Gasteiger partial charge in [-0.15, -0.1) is 0 Å². The van der Waals surface area contributed by atoms with Crippen LogP contribution in [-0.2, 0) is 24.4 Å². The van der Waals surface area contributed by atoms with Gasteiger partial charge in [0.15, 0.2) is 11.6 Å². The molecular weight excluding hydrogens is 442 g/mol. The molecule has 0 aliphatic heterocycles. The molecule has 0 saturated heterocycles. The Kier molecular flexibility index (Phi) is 6.01. The number of rotatable bonds is 7. The molecule has 0 fully saturated rings. The van der Waals surface area contributed by atoms with Crippen molar-refractivity contribution in [3.05, 3.63) is 76.2 Å². The van der Waals surface area contributed by atoms with Gasteiger partial charge in [-0.05, 0) is 42.3 Å². The van der Waals surface area contributed by atoms with Crippen LogP contribution in [0.25, 0.3) is 22.2 Å². The Morgan fingerprint density at radius 2 is 1.91 bits per heavy atom. The molecule has 2 heterocycles. The average Bonchev–Trinajstić information content (AvgIpc) is 3.23. The fourth-order valence-corrected chi connectivity index (χ4v) is 3.62. The number of ether oxygens (including phenoxy) is 1. The van der Waals surface area contributed by atoms with Crippen molar-refractivity contribution in [2.45, 2.75) is 6.42 Å². The van der Waals surface area contributed by atoms with Crippen molar-refractivity contribution < 1.29 is 21.9 Å². The van der Waals surface area contributed by atoms with Crippen molar-refractivity contribution in [1.82, 2.24) is 19.5 Å². The first-order valence-corrected chi connectivity index (χ1v) is 10.7. The van der Waals surface area contributed by atoms with E-state index in [1.165, 1.54) is 17.8 Å². The Labute approximate surface area is 182 Å². The Bertz CT molecular complexity index is 1440. The number of H-pyrrole nitrogens is 1. The van der Waals surface area contributed by atoms with Gasteiger partial charge in [0, 0.05) is 36.8 Å². The molecule has 2 N–H and O–H groups in total. The first-order valence-electron chi connectivity index (χ1n) is 9.52. The number of nitrogens with one attached hydrogen (secondary N) is 2. The van der Waals surface area contributed by atoms with Gasteiger partial charge in [0.05, 0.1) is 0 Å². The largest absolute Gasteiger partial charge is 0.454 e. The normalized spacial score (nSPS) is 11.4. The third-order valence-corrected chi connectivity index (χ3v) is 5.31. The first kappa shape index (κ1) is 21.7. The van der Waals surface area contributed by atoms with E-state index in [-0.39, 0.29) is 23.6 Å². The highest BCUT2D eigenvalue weighted by Crippen LogP contribution is 2.36. The van der Waals surface area contributed by atoms with Crippen molar-refractivity contribution in [1.29, 1.82) is 0 Å². The summed E-state index contributed by atoms with van der Waals surface area (Å²) in [6, 6.07) is 9.70. The fraction of sp³-hybridized carbons (Fsp3) is 0.143. The van der Waals surface area contributed by atoms with E-state index in [1.807, 2.05) is 0 Å². The molecule has 0 radical (unpaired) electrons. The Balaban J connectivity index is 1.85. The van der Waals surface area contributed by atoms with Crippen LogP contribution in [0.15, 0.2) is 53.5 Å². The summed E-state index contributed by atoms with van der Waals surface area (Å²) < 4.78 is 58.3. The van der Waals surface area contributed by atoms with Crippen LogP contribution in [0.2, 0.25) is 0 Å². The minimum absolute atomic E-state index is 0.180. The molecule has 0 saturated carbocycles. The van der Waals surface area contributed by atoms with Crippen molar-refractivity contribution in [3.63, 3.8) is 0 Å². The number of hydrogen-bond donors (Lipinski definition) is 3. The smallest absolute Gasteiger partial charge is 0.290 e. The summed E-state index contributed by atoms with van der Waals surface area (Å²) in [5, 5.41) is 4.91. The molecule has 4 rings (SSSR count). The van der Waals surface area contributed by atoms with Crippen LogP contribution in [0.1, 0.15) is 5.56 Å². The van der Waals surface area contributed by atoms with E-state index in [9.17, 15) is 22.0 Å². The zero-order valence-electron chi connectivity index (χ0n) is 16.8. The standard InChI is InChI=1S/C21H18F2N4O4S/c1-27-21(28)20-14(7-8-24-20)19(26-27)15-10-12(6-9-25-32(29)30)2-4-17(15)31-18-5-3-13(22)11-16(18)23/h2-5,7-8,10-11,24,32H,6,9H2,1H3,(H,25,29,30). The topological polar surface area (TPSA) is 106 Å². The molecular formula is C21H18F2N4O4S. The molecule has 0 unspecified atom stereocenters. The molecule has 0 amide bonds. The van der Waals surface area contributed by atoms with E-state index in [1.54, 1.807) is 30.5 Å². The van der Waals surface area contributed by atoms with E-state index in [2.05, 4.69) is 14.8 Å². The molecule has 8 nitrogen and oxygen atoms in total. The second-order valence-electron chi connectivity index (χ2n) is 6.97. The van der Waals surface area contributed by atoms with Gasteiger partial charge in [0.25, 0.3) is 5.56 Å². The zero-order chi connectivity index (χ0) is 22.8. The molecule has 2 aromatic heterocycles. The number of aromatic amines is 1. The van der Waals surface area contributed by atoms with Crippen LogP contribution < -0.4 is 15.0 Å². The summed E-state index contributed by atoms with van der Waals surface area (Å²) in [6.45, 7) is 0.186. The zero-order valence-corrected chi connectivity index (χ0v) is 17.7. The number of fused-ring (bicyclic) bond motifs is 1. The summed E-state index contributed by atoms with van der Waals surface area (Å²) in [7, 11) is -1.22. The van der Waals surface area contributed by atoms with Crippen LogP contribution in [0.5, 0.6) is 11.5 Å². The van der Waals surface area contributed by atoms with Crippen molar-refractivity contribution in [2.24, 2.45) is 7.05 Å². The van der Waals surface area contributed by atoms with Gasteiger partial charge in [-0.3, -0.25) is 4.79 Å². The highest BCUT2D eigenvalue weighted by molar-refractivity contribution is 7.70. The number of nitrogens with zero attached hydrogens (tertiary/aromatic N) is 2. The fourth-order valence-electron chi connectivity index (χ4n) is 3.33. The van der Waals surface area contributed by atoms with Gasteiger partial charge in [-0.1, -0.05) is 6.07 Å². The minimum Gasteiger partial charge on any atom is -0.454 e. The maximum Gasteiger partial charge on any atom is 0.290 e. The van der Waals surface area contributed by atoms with E-state index >= 15 is 0 Å². The molecule has 32 heavy (non-hydrogen) atoms. The SMILES string of the molecule is Cn1nc(-c2cc(CCN[SH](=O)=O)ccc2Oc2ccc(F)cc2F)c2cc[nH]c2c1=O. The number of benzene rings is 2. The maximum absolute atomic E-state index is 14.2. The van der Waals surface area contributed by atoms with Gasteiger partial charge in [-0.25, -0.2) is 26.6 Å². The lowest BCUT2D eigenvalue weighted by atomic mass is 10.0. The molecule has 0 bridgehead atoms. The molecule has 0 atom stereocenters. The van der Waals surface area contributed by atoms with Crippen LogP contribution in [0.3, 0.4) is 0 Å². The van der Waals surface area contributed by atoms with E-state index in [4.69, 9.17) is 4.74 Å². The molecule has 0 spiro atoms. The number of thiol groups is 1. The van der Waals surface area contributed by atoms with Crippen LogP contribution in [0.4, 0.5) is 8.78 Å². The summed E-state index contributed by atoms with van der Waals surface area (Å²) in [4.78, 5) is 15.3. The van der Waals surface area contributed by atoms with Gasteiger partial charge in [0.2, 0.25) is 10.9 Å². The van der Waals surface area contributed by atoms with Gasteiger partial charge in [0.1, 0.15) is 22.8 Å². The van der Waals surface area contributed by atoms with Crippen molar-refractivity contribution in [2.75, 3.05) is 6.54 Å². The van der Waals surface area contributed by atoms with Crippen LogP contribution in [-0.4, -0.2) is 29.7 Å². The second-order valence-corrected chi connectivity index (χ2v) is 7.80. The first-order chi connectivity index (χ1) is 15.3. The number of aromatic nitrogens is 3. The second kappa shape index (κ2) is 8.89. The Morgan fingerprint density at radius 1 is 1.12 bits per heavy atom. The van der Waals surface area contributed by atoms with Crippen LogP contribution in [0, 0.1) is 11.6 Å². The lowest BCUT2D eigenvalue weighted by Gasteiger charge is -2.14.